The quantitative estimate of drug-likeness (QED) is 0.700. The molecular formula is C13H25N3. The number of hydrogen-bond donors (Lipinski definition) is 2. The van der Waals surface area contributed by atoms with Crippen LogP contribution in [-0.2, 0) is 0 Å². The first kappa shape index (κ1) is 12.1. The molecule has 2 saturated heterocycles. The maximum absolute atomic E-state index is 4.69. The number of aliphatic imine (C=N–C) groups is 1. The second-order valence-electron chi connectivity index (χ2n) is 5.55. The van der Waals surface area contributed by atoms with Crippen LogP contribution in [0.3, 0.4) is 0 Å². The Morgan fingerprint density at radius 2 is 1.88 bits per heavy atom. The van der Waals surface area contributed by atoms with Crippen LogP contribution >= 0.6 is 0 Å². The van der Waals surface area contributed by atoms with E-state index in [2.05, 4.69) is 30.7 Å². The van der Waals surface area contributed by atoms with Crippen molar-refractivity contribution in [2.24, 2.45) is 16.8 Å². The van der Waals surface area contributed by atoms with Gasteiger partial charge in [0.1, 0.15) is 0 Å². The van der Waals surface area contributed by atoms with Crippen molar-refractivity contribution in [3.8, 4) is 0 Å². The molecule has 4 unspecified atom stereocenters. The minimum absolute atomic E-state index is 0.385. The largest absolute Gasteiger partial charge is 0.314 e. The van der Waals surface area contributed by atoms with Crippen molar-refractivity contribution < 1.29 is 0 Å². The molecule has 3 nitrogen and oxygen atoms in total. The molecular weight excluding hydrogens is 198 g/mol. The van der Waals surface area contributed by atoms with E-state index in [-0.39, 0.29) is 0 Å². The molecule has 3 heteroatoms. The van der Waals surface area contributed by atoms with Crippen molar-refractivity contribution in [3.63, 3.8) is 0 Å². The van der Waals surface area contributed by atoms with Crippen molar-refractivity contribution in [3.05, 3.63) is 0 Å². The summed E-state index contributed by atoms with van der Waals surface area (Å²) in [5, 5.41) is 7.01. The summed E-state index contributed by atoms with van der Waals surface area (Å²) in [7, 11) is 0. The molecule has 2 N–H and O–H groups in total. The Balaban J connectivity index is 1.72. The predicted molar refractivity (Wildman–Crippen MR) is 68.9 cm³/mol. The molecule has 0 saturated carbocycles. The van der Waals surface area contributed by atoms with E-state index < -0.39 is 0 Å². The molecule has 92 valence electrons. The van der Waals surface area contributed by atoms with Crippen molar-refractivity contribution in [1.29, 1.82) is 0 Å². The number of hydrogen-bond acceptors (Lipinski definition) is 3. The highest BCUT2D eigenvalue weighted by Gasteiger charge is 2.18. The van der Waals surface area contributed by atoms with Crippen molar-refractivity contribution in [1.82, 2.24) is 10.6 Å². The molecule has 2 heterocycles. The van der Waals surface area contributed by atoms with E-state index in [0.29, 0.717) is 18.1 Å². The van der Waals surface area contributed by atoms with Crippen LogP contribution in [0.25, 0.3) is 0 Å². The van der Waals surface area contributed by atoms with Gasteiger partial charge in [0.15, 0.2) is 0 Å². The molecule has 0 aliphatic carbocycles. The normalized spacial score (nSPS) is 41.4. The van der Waals surface area contributed by atoms with Gasteiger partial charge in [-0.2, -0.15) is 0 Å². The number of nitrogens with zero attached hydrogens (tertiary/aromatic N) is 1. The minimum Gasteiger partial charge on any atom is -0.314 e. The van der Waals surface area contributed by atoms with Gasteiger partial charge in [-0.3, -0.25) is 10.3 Å². The van der Waals surface area contributed by atoms with Crippen LogP contribution in [-0.4, -0.2) is 31.5 Å². The summed E-state index contributed by atoms with van der Waals surface area (Å²) in [6.45, 7) is 6.80. The van der Waals surface area contributed by atoms with Gasteiger partial charge in [-0.05, 0) is 45.1 Å². The molecule has 4 atom stereocenters. The van der Waals surface area contributed by atoms with Gasteiger partial charge in [0, 0.05) is 24.7 Å². The molecule has 0 aromatic carbocycles. The number of nitrogens with one attached hydrogen (secondary N) is 2. The van der Waals surface area contributed by atoms with Gasteiger partial charge < -0.3 is 5.32 Å². The lowest BCUT2D eigenvalue weighted by Gasteiger charge is -2.27. The fourth-order valence-corrected chi connectivity index (χ4v) is 2.48. The first-order chi connectivity index (χ1) is 7.74. The summed E-state index contributed by atoms with van der Waals surface area (Å²) in [6.07, 6.45) is 7.66. The summed E-state index contributed by atoms with van der Waals surface area (Å²) in [5.74, 6) is 1.47. The zero-order valence-electron chi connectivity index (χ0n) is 10.6. The third-order valence-corrected chi connectivity index (χ3v) is 3.81. The maximum atomic E-state index is 4.69. The Morgan fingerprint density at radius 3 is 2.50 bits per heavy atom. The second kappa shape index (κ2) is 5.78. The standard InChI is InChI=1S/C13H25N3/c1-10-3-6-13(15-7-10)16-9-12-5-4-11(2)14-8-12/h9-15H,3-8H2,1-2H3. The van der Waals surface area contributed by atoms with Crippen LogP contribution in [0.4, 0.5) is 0 Å². The van der Waals surface area contributed by atoms with Gasteiger partial charge in [-0.25, -0.2) is 0 Å². The molecule has 0 spiro atoms. The SMILES string of the molecule is CC1CCC(N=CC2CCC(C)NC2)NC1. The van der Waals surface area contributed by atoms with E-state index in [4.69, 9.17) is 4.99 Å². The van der Waals surface area contributed by atoms with E-state index in [1.54, 1.807) is 0 Å². The molecule has 0 aromatic heterocycles. The first-order valence-electron chi connectivity index (χ1n) is 6.74. The summed E-state index contributed by atoms with van der Waals surface area (Å²) >= 11 is 0. The summed E-state index contributed by atoms with van der Waals surface area (Å²) in [5.41, 5.74) is 0. The third-order valence-electron chi connectivity index (χ3n) is 3.81. The highest BCUT2D eigenvalue weighted by molar-refractivity contribution is 5.61. The summed E-state index contributed by atoms with van der Waals surface area (Å²) in [4.78, 5) is 4.69. The van der Waals surface area contributed by atoms with E-state index >= 15 is 0 Å². The van der Waals surface area contributed by atoms with E-state index in [1.807, 2.05) is 0 Å². The summed E-state index contributed by atoms with van der Waals surface area (Å²) in [6, 6.07) is 0.693. The zero-order chi connectivity index (χ0) is 11.4. The van der Waals surface area contributed by atoms with Gasteiger partial charge in [-0.1, -0.05) is 6.92 Å². The second-order valence-corrected chi connectivity index (χ2v) is 5.55. The Hall–Kier alpha value is -0.410. The van der Waals surface area contributed by atoms with E-state index in [9.17, 15) is 0 Å². The average Bonchev–Trinajstić information content (AvgIpc) is 2.30. The molecule has 0 aromatic rings. The minimum atomic E-state index is 0.385. The molecule has 2 aliphatic rings. The fraction of sp³-hybridized carbons (Fsp3) is 0.923. The Kier molecular flexibility index (Phi) is 4.36. The lowest BCUT2D eigenvalue weighted by Crippen LogP contribution is -2.39. The van der Waals surface area contributed by atoms with Gasteiger partial charge in [-0.15, -0.1) is 0 Å². The van der Waals surface area contributed by atoms with Gasteiger partial charge >= 0.3 is 0 Å². The van der Waals surface area contributed by atoms with Crippen LogP contribution in [0.5, 0.6) is 0 Å². The van der Waals surface area contributed by atoms with Crippen LogP contribution in [0.15, 0.2) is 4.99 Å². The first-order valence-corrected chi connectivity index (χ1v) is 6.74. The molecule has 0 amide bonds. The molecule has 16 heavy (non-hydrogen) atoms. The van der Waals surface area contributed by atoms with Gasteiger partial charge in [0.2, 0.25) is 0 Å². The smallest absolute Gasteiger partial charge is 0.0990 e. The molecule has 2 aliphatic heterocycles. The lowest BCUT2D eigenvalue weighted by atomic mass is 9.96. The monoisotopic (exact) mass is 223 g/mol. The fourth-order valence-electron chi connectivity index (χ4n) is 2.48. The van der Waals surface area contributed by atoms with Crippen LogP contribution in [0.2, 0.25) is 0 Å². The van der Waals surface area contributed by atoms with Crippen molar-refractivity contribution in [2.75, 3.05) is 13.1 Å². The Bertz CT molecular complexity index is 199. The maximum Gasteiger partial charge on any atom is 0.0990 e. The molecule has 2 rings (SSSR count). The Morgan fingerprint density at radius 1 is 1.00 bits per heavy atom. The van der Waals surface area contributed by atoms with Crippen LogP contribution in [0.1, 0.15) is 39.5 Å². The predicted octanol–water partition coefficient (Wildman–Crippen LogP) is 1.79. The highest BCUT2D eigenvalue weighted by Crippen LogP contribution is 2.16. The van der Waals surface area contributed by atoms with Crippen molar-refractivity contribution in [2.45, 2.75) is 51.7 Å². The van der Waals surface area contributed by atoms with Gasteiger partial charge in [0.05, 0.1) is 6.17 Å². The number of rotatable bonds is 2. The Labute approximate surface area is 99.1 Å². The van der Waals surface area contributed by atoms with E-state index in [1.165, 1.54) is 25.7 Å². The lowest BCUT2D eigenvalue weighted by molar-refractivity contribution is 0.332. The molecule has 2 fully saturated rings. The average molecular weight is 223 g/mol. The van der Waals surface area contributed by atoms with Crippen molar-refractivity contribution >= 4 is 6.21 Å². The highest BCUT2D eigenvalue weighted by atomic mass is 15.1. The van der Waals surface area contributed by atoms with E-state index in [0.717, 1.165) is 19.0 Å². The zero-order valence-corrected chi connectivity index (χ0v) is 10.6. The van der Waals surface area contributed by atoms with Crippen LogP contribution in [0, 0.1) is 11.8 Å². The number of piperidine rings is 2. The summed E-state index contributed by atoms with van der Waals surface area (Å²) < 4.78 is 0. The third kappa shape index (κ3) is 3.56. The van der Waals surface area contributed by atoms with Crippen LogP contribution < -0.4 is 10.6 Å². The van der Waals surface area contributed by atoms with Gasteiger partial charge in [0.25, 0.3) is 0 Å². The molecule has 0 bridgehead atoms. The topological polar surface area (TPSA) is 36.4 Å². The molecule has 0 radical (unpaired) electrons.